The summed E-state index contributed by atoms with van der Waals surface area (Å²) in [7, 11) is 1.73. The second-order valence-electron chi connectivity index (χ2n) is 5.31. The van der Waals surface area contributed by atoms with Crippen molar-refractivity contribution in [3.05, 3.63) is 57.8 Å². The molecule has 24 heavy (non-hydrogen) atoms. The lowest BCUT2D eigenvalue weighted by Gasteiger charge is -2.04. The smallest absolute Gasteiger partial charge is 0.336 e. The lowest BCUT2D eigenvalue weighted by atomic mass is 10.1. The molecule has 122 valence electrons. The average Bonchev–Trinajstić information content (AvgIpc) is 2.76. The van der Waals surface area contributed by atoms with Gasteiger partial charge in [0.05, 0.1) is 22.5 Å². The van der Waals surface area contributed by atoms with Crippen LogP contribution in [0.15, 0.2) is 24.3 Å². The molecule has 1 N–H and O–H groups in total. The number of aromatic nitrogens is 3. The van der Waals surface area contributed by atoms with Gasteiger partial charge >= 0.3 is 5.97 Å². The first-order chi connectivity index (χ1) is 11.4. The van der Waals surface area contributed by atoms with Crippen LogP contribution in [0, 0.1) is 12.7 Å². The van der Waals surface area contributed by atoms with Gasteiger partial charge in [0.1, 0.15) is 11.0 Å². The summed E-state index contributed by atoms with van der Waals surface area (Å²) in [6.07, 6.45) is 3.34. The lowest BCUT2D eigenvalue weighted by Crippen LogP contribution is -2.00. The summed E-state index contributed by atoms with van der Waals surface area (Å²) in [5.41, 5.74) is 2.20. The zero-order chi connectivity index (χ0) is 17.4. The molecule has 2 aromatic heterocycles. The molecule has 0 saturated heterocycles. The van der Waals surface area contributed by atoms with Gasteiger partial charge in [-0.15, -0.1) is 0 Å². The maximum Gasteiger partial charge on any atom is 0.336 e. The zero-order valence-electron chi connectivity index (χ0n) is 12.9. The number of rotatable bonds is 3. The van der Waals surface area contributed by atoms with Crippen LogP contribution in [0.1, 0.15) is 27.3 Å². The van der Waals surface area contributed by atoms with E-state index in [4.69, 9.17) is 11.6 Å². The Labute approximate surface area is 142 Å². The lowest BCUT2D eigenvalue weighted by molar-refractivity contribution is 0.0699. The summed E-state index contributed by atoms with van der Waals surface area (Å²) < 4.78 is 15.0. The van der Waals surface area contributed by atoms with Crippen LogP contribution in [0.5, 0.6) is 0 Å². The Balaban J connectivity index is 2.12. The maximum absolute atomic E-state index is 13.4. The Morgan fingerprint density at radius 2 is 2.08 bits per heavy atom. The van der Waals surface area contributed by atoms with E-state index in [1.807, 2.05) is 6.92 Å². The van der Waals surface area contributed by atoms with E-state index in [0.29, 0.717) is 16.2 Å². The summed E-state index contributed by atoms with van der Waals surface area (Å²) in [5, 5.41) is 14.4. The molecule has 0 aliphatic rings. The third-order valence-electron chi connectivity index (χ3n) is 3.64. The molecule has 0 spiro atoms. The van der Waals surface area contributed by atoms with E-state index in [1.165, 1.54) is 24.3 Å². The number of benzene rings is 1. The molecule has 0 amide bonds. The topological polar surface area (TPSA) is 68.0 Å². The molecule has 5 nitrogen and oxygen atoms in total. The van der Waals surface area contributed by atoms with E-state index in [0.717, 1.165) is 11.3 Å². The zero-order valence-corrected chi connectivity index (χ0v) is 13.7. The number of hydrogen-bond acceptors (Lipinski definition) is 3. The van der Waals surface area contributed by atoms with Crippen molar-refractivity contribution in [1.29, 1.82) is 0 Å². The van der Waals surface area contributed by atoms with Gasteiger partial charge in [-0.3, -0.25) is 4.68 Å². The molecule has 0 aliphatic heterocycles. The van der Waals surface area contributed by atoms with Gasteiger partial charge in [0.2, 0.25) is 0 Å². The van der Waals surface area contributed by atoms with Crippen molar-refractivity contribution in [2.45, 2.75) is 6.92 Å². The van der Waals surface area contributed by atoms with Gasteiger partial charge in [-0.1, -0.05) is 11.6 Å². The molecule has 1 aromatic carbocycles. The quantitative estimate of drug-likeness (QED) is 0.780. The molecule has 0 atom stereocenters. The van der Waals surface area contributed by atoms with Crippen LogP contribution in [0.4, 0.5) is 4.39 Å². The van der Waals surface area contributed by atoms with Crippen LogP contribution in [-0.2, 0) is 7.05 Å². The Hall–Kier alpha value is -2.73. The predicted octanol–water partition coefficient (Wildman–Crippen LogP) is 3.94. The summed E-state index contributed by atoms with van der Waals surface area (Å²) in [5.74, 6) is -1.57. The Bertz CT molecular complexity index is 995. The minimum atomic E-state index is -1.10. The highest BCUT2D eigenvalue weighted by Crippen LogP contribution is 2.23. The SMILES string of the molecule is Cc1nn(C)c(Cl)c1/C=C/c1cc(C(=O)O)c2ccc(F)cc2n1. The molecule has 3 aromatic rings. The van der Waals surface area contributed by atoms with E-state index in [1.54, 1.807) is 23.9 Å². The molecule has 0 aliphatic carbocycles. The number of aryl methyl sites for hydroxylation is 2. The van der Waals surface area contributed by atoms with Crippen LogP contribution in [0.25, 0.3) is 23.1 Å². The molecular weight excluding hydrogens is 333 g/mol. The number of carboxylic acid groups (broad SMARTS) is 1. The molecule has 0 saturated carbocycles. The number of hydrogen-bond donors (Lipinski definition) is 1. The molecule has 0 radical (unpaired) electrons. The minimum Gasteiger partial charge on any atom is -0.478 e. The third kappa shape index (κ3) is 2.88. The van der Waals surface area contributed by atoms with Crippen LogP contribution in [0.3, 0.4) is 0 Å². The van der Waals surface area contributed by atoms with Crippen molar-refractivity contribution < 1.29 is 14.3 Å². The highest BCUT2D eigenvalue weighted by Gasteiger charge is 2.12. The maximum atomic E-state index is 13.4. The van der Waals surface area contributed by atoms with Crippen LogP contribution in [-0.4, -0.2) is 25.8 Å². The number of aromatic carboxylic acids is 1. The van der Waals surface area contributed by atoms with Gasteiger partial charge in [0, 0.05) is 24.1 Å². The van der Waals surface area contributed by atoms with E-state index in [2.05, 4.69) is 10.1 Å². The number of carbonyl (C=O) groups is 1. The van der Waals surface area contributed by atoms with Crippen molar-refractivity contribution >= 4 is 40.6 Å². The third-order valence-corrected chi connectivity index (χ3v) is 4.09. The van der Waals surface area contributed by atoms with Gasteiger partial charge < -0.3 is 5.11 Å². The van der Waals surface area contributed by atoms with E-state index < -0.39 is 11.8 Å². The molecule has 0 unspecified atom stereocenters. The first-order valence-electron chi connectivity index (χ1n) is 7.07. The van der Waals surface area contributed by atoms with Gasteiger partial charge in [0.15, 0.2) is 0 Å². The Morgan fingerprint density at radius 1 is 1.33 bits per heavy atom. The fourth-order valence-corrected chi connectivity index (χ4v) is 2.73. The molecule has 3 rings (SSSR count). The molecule has 2 heterocycles. The van der Waals surface area contributed by atoms with Crippen LogP contribution >= 0.6 is 11.6 Å². The standard InChI is InChI=1S/C17H13ClFN3O2/c1-9-12(16(18)22(2)21-9)6-4-11-8-14(17(23)24)13-5-3-10(19)7-15(13)20-11/h3-8H,1-2H3,(H,23,24)/b6-4+. The van der Waals surface area contributed by atoms with E-state index in [-0.39, 0.29) is 11.1 Å². The van der Waals surface area contributed by atoms with Crippen molar-refractivity contribution in [3.8, 4) is 0 Å². The highest BCUT2D eigenvalue weighted by atomic mass is 35.5. The average molecular weight is 346 g/mol. The largest absolute Gasteiger partial charge is 0.478 e. The van der Waals surface area contributed by atoms with Gasteiger partial charge in [-0.2, -0.15) is 5.10 Å². The molecule has 7 heteroatoms. The number of pyridine rings is 1. The summed E-state index contributed by atoms with van der Waals surface area (Å²) >= 11 is 6.16. The Kier molecular flexibility index (Phi) is 4.07. The fraction of sp³-hybridized carbons (Fsp3) is 0.118. The molecular formula is C17H13ClFN3O2. The molecule has 0 fully saturated rings. The normalized spacial score (nSPS) is 11.5. The number of nitrogens with zero attached hydrogens (tertiary/aromatic N) is 3. The Morgan fingerprint density at radius 3 is 2.71 bits per heavy atom. The highest BCUT2D eigenvalue weighted by molar-refractivity contribution is 6.31. The summed E-state index contributed by atoms with van der Waals surface area (Å²) in [4.78, 5) is 15.8. The van der Waals surface area contributed by atoms with E-state index >= 15 is 0 Å². The second-order valence-corrected chi connectivity index (χ2v) is 5.67. The minimum absolute atomic E-state index is 0.0636. The van der Waals surface area contributed by atoms with Crippen LogP contribution in [0.2, 0.25) is 5.15 Å². The number of fused-ring (bicyclic) bond motifs is 1. The van der Waals surface area contributed by atoms with Gasteiger partial charge in [0.25, 0.3) is 0 Å². The van der Waals surface area contributed by atoms with Crippen molar-refractivity contribution in [3.63, 3.8) is 0 Å². The number of halogens is 2. The van der Waals surface area contributed by atoms with Gasteiger partial charge in [-0.25, -0.2) is 14.2 Å². The van der Waals surface area contributed by atoms with Gasteiger partial charge in [-0.05, 0) is 37.3 Å². The van der Waals surface area contributed by atoms with E-state index in [9.17, 15) is 14.3 Å². The number of carboxylic acids is 1. The first-order valence-corrected chi connectivity index (χ1v) is 7.45. The fourth-order valence-electron chi connectivity index (χ4n) is 2.49. The van der Waals surface area contributed by atoms with Crippen molar-refractivity contribution in [2.24, 2.45) is 7.05 Å². The summed E-state index contributed by atoms with van der Waals surface area (Å²) in [6.45, 7) is 1.82. The predicted molar refractivity (Wildman–Crippen MR) is 90.5 cm³/mol. The van der Waals surface area contributed by atoms with Crippen molar-refractivity contribution in [2.75, 3.05) is 0 Å². The molecule has 0 bridgehead atoms. The van der Waals surface area contributed by atoms with Crippen LogP contribution < -0.4 is 0 Å². The monoisotopic (exact) mass is 345 g/mol. The van der Waals surface area contributed by atoms with Crippen molar-refractivity contribution in [1.82, 2.24) is 14.8 Å². The first kappa shape index (κ1) is 16.1. The second kappa shape index (κ2) is 6.05. The summed E-state index contributed by atoms with van der Waals surface area (Å²) in [6, 6.07) is 5.28.